The molecule has 7 heteroatoms. The summed E-state index contributed by atoms with van der Waals surface area (Å²) < 4.78 is 21.4. The Hall–Kier alpha value is -1.11. The highest BCUT2D eigenvalue weighted by Gasteiger charge is 2.37. The molecule has 0 unspecified atom stereocenters. The number of carboxylic acid groups (broad SMARTS) is 1. The summed E-state index contributed by atoms with van der Waals surface area (Å²) in [5.41, 5.74) is 0. The summed E-state index contributed by atoms with van der Waals surface area (Å²) in [6, 6.07) is 0. The second kappa shape index (κ2) is 7.47. The number of amides is 1. The first kappa shape index (κ1) is 17.9. The second-order valence-corrected chi connectivity index (χ2v) is 7.66. The van der Waals surface area contributed by atoms with Crippen LogP contribution in [0.1, 0.15) is 46.0 Å². The van der Waals surface area contributed by atoms with Crippen LogP contribution in [0.25, 0.3) is 0 Å². The Morgan fingerprint density at radius 2 is 1.63 bits per heavy atom. The molecule has 0 saturated heterocycles. The van der Waals surface area contributed by atoms with E-state index < -0.39 is 26.5 Å². The van der Waals surface area contributed by atoms with Crippen LogP contribution < -0.4 is 5.32 Å². The van der Waals surface area contributed by atoms with E-state index in [4.69, 9.17) is 5.11 Å². The zero-order valence-corrected chi connectivity index (χ0v) is 12.5. The minimum atomic E-state index is -3.44. The molecule has 0 aromatic carbocycles. The number of carboxylic acids is 1. The highest BCUT2D eigenvalue weighted by Crippen LogP contribution is 2.15. The van der Waals surface area contributed by atoms with Crippen LogP contribution in [0.3, 0.4) is 0 Å². The number of carbonyl (C=O) groups excluding carboxylic acids is 1. The lowest BCUT2D eigenvalue weighted by molar-refractivity contribution is -0.137. The molecule has 2 N–H and O–H groups in total. The Balaban J connectivity index is 3.85. The second-order valence-electron chi connectivity index (χ2n) is 5.10. The highest BCUT2D eigenvalue weighted by atomic mass is 32.2. The summed E-state index contributed by atoms with van der Waals surface area (Å²) in [4.78, 5) is 22.0. The summed E-state index contributed by atoms with van der Waals surface area (Å²) >= 11 is 0. The van der Waals surface area contributed by atoms with Gasteiger partial charge in [0.1, 0.15) is 4.75 Å². The average Bonchev–Trinajstić information content (AvgIpc) is 2.25. The number of aliphatic carboxylic acids is 1. The molecule has 6 nitrogen and oxygen atoms in total. The lowest BCUT2D eigenvalue weighted by Crippen LogP contribution is -2.47. The average molecular weight is 293 g/mol. The molecule has 0 aliphatic rings. The first-order chi connectivity index (χ1) is 8.59. The van der Waals surface area contributed by atoms with Crippen molar-refractivity contribution in [1.82, 2.24) is 5.32 Å². The minimum Gasteiger partial charge on any atom is -0.481 e. The molecule has 0 aliphatic carbocycles. The van der Waals surface area contributed by atoms with E-state index in [1.807, 2.05) is 0 Å². The summed E-state index contributed by atoms with van der Waals surface area (Å²) in [6.07, 6.45) is 4.14. The smallest absolute Gasteiger partial charge is 0.303 e. The molecule has 1 amide bonds. The van der Waals surface area contributed by atoms with Gasteiger partial charge in [-0.2, -0.15) is 0 Å². The third kappa shape index (κ3) is 6.56. The van der Waals surface area contributed by atoms with E-state index in [9.17, 15) is 18.0 Å². The van der Waals surface area contributed by atoms with Crippen LogP contribution in [-0.4, -0.2) is 42.9 Å². The van der Waals surface area contributed by atoms with Crippen LogP contribution >= 0.6 is 0 Å². The van der Waals surface area contributed by atoms with Crippen molar-refractivity contribution in [2.75, 3.05) is 12.8 Å². The first-order valence-corrected chi connectivity index (χ1v) is 8.18. The van der Waals surface area contributed by atoms with Gasteiger partial charge in [-0.05, 0) is 26.7 Å². The van der Waals surface area contributed by atoms with Gasteiger partial charge in [0, 0.05) is 19.2 Å². The Bertz CT molecular complexity index is 414. The summed E-state index contributed by atoms with van der Waals surface area (Å²) in [5, 5.41) is 11.0. The summed E-state index contributed by atoms with van der Waals surface area (Å²) in [7, 11) is -3.44. The van der Waals surface area contributed by atoms with Gasteiger partial charge in [-0.15, -0.1) is 0 Å². The van der Waals surface area contributed by atoms with Gasteiger partial charge in [0.25, 0.3) is 0 Å². The van der Waals surface area contributed by atoms with E-state index in [1.165, 1.54) is 13.8 Å². The Morgan fingerprint density at radius 3 is 2.11 bits per heavy atom. The lowest BCUT2D eigenvalue weighted by atomic mass is 10.1. The Labute approximate surface area is 114 Å². The van der Waals surface area contributed by atoms with E-state index in [0.717, 1.165) is 19.1 Å². The van der Waals surface area contributed by atoms with Gasteiger partial charge in [-0.1, -0.05) is 12.8 Å². The molecule has 0 atom stereocenters. The van der Waals surface area contributed by atoms with Crippen molar-refractivity contribution in [2.24, 2.45) is 0 Å². The molecular weight excluding hydrogens is 270 g/mol. The number of sulfone groups is 1. The number of hydrogen-bond acceptors (Lipinski definition) is 4. The molecule has 112 valence electrons. The van der Waals surface area contributed by atoms with Crippen LogP contribution in [0.5, 0.6) is 0 Å². The van der Waals surface area contributed by atoms with E-state index >= 15 is 0 Å². The van der Waals surface area contributed by atoms with E-state index in [-0.39, 0.29) is 6.42 Å². The van der Waals surface area contributed by atoms with Crippen molar-refractivity contribution < 1.29 is 23.1 Å². The molecule has 0 aromatic heterocycles. The zero-order chi connectivity index (χ0) is 15.1. The molecular formula is C12H23NO5S. The van der Waals surface area contributed by atoms with Crippen molar-refractivity contribution in [3.05, 3.63) is 0 Å². The number of nitrogens with one attached hydrogen (secondary N) is 1. The molecule has 0 heterocycles. The van der Waals surface area contributed by atoms with Gasteiger partial charge in [-0.3, -0.25) is 9.59 Å². The fourth-order valence-electron chi connectivity index (χ4n) is 1.34. The normalized spacial score (nSPS) is 12.2. The maximum Gasteiger partial charge on any atom is 0.303 e. The van der Waals surface area contributed by atoms with E-state index in [0.29, 0.717) is 19.4 Å². The number of rotatable bonds is 9. The molecule has 0 spiro atoms. The Morgan fingerprint density at radius 1 is 1.11 bits per heavy atom. The maximum absolute atomic E-state index is 11.7. The monoisotopic (exact) mass is 293 g/mol. The summed E-state index contributed by atoms with van der Waals surface area (Å²) in [5.74, 6) is -1.30. The standard InChI is InChI=1S/C12H23NO5S/c1-12(2,19(3,17)18)11(16)13-9-7-5-4-6-8-10(14)15/h4-9H2,1-3H3,(H,13,16)(H,14,15). The topological polar surface area (TPSA) is 101 Å². The number of hydrogen-bond donors (Lipinski definition) is 2. The van der Waals surface area contributed by atoms with Gasteiger partial charge >= 0.3 is 5.97 Å². The van der Waals surface area contributed by atoms with Crippen LogP contribution in [0.2, 0.25) is 0 Å². The predicted molar refractivity (Wildman–Crippen MR) is 72.7 cm³/mol. The van der Waals surface area contributed by atoms with Crippen molar-refractivity contribution >= 4 is 21.7 Å². The maximum atomic E-state index is 11.7. The van der Waals surface area contributed by atoms with Crippen molar-refractivity contribution in [1.29, 1.82) is 0 Å². The molecule has 0 bridgehead atoms. The van der Waals surface area contributed by atoms with Crippen LogP contribution in [0, 0.1) is 0 Å². The minimum absolute atomic E-state index is 0.160. The van der Waals surface area contributed by atoms with Crippen LogP contribution in [-0.2, 0) is 19.4 Å². The van der Waals surface area contributed by atoms with Gasteiger partial charge < -0.3 is 10.4 Å². The first-order valence-electron chi connectivity index (χ1n) is 6.28. The van der Waals surface area contributed by atoms with Crippen molar-refractivity contribution in [3.63, 3.8) is 0 Å². The van der Waals surface area contributed by atoms with Gasteiger partial charge in [0.15, 0.2) is 9.84 Å². The fourth-order valence-corrected chi connectivity index (χ4v) is 1.75. The SMILES string of the molecule is CC(C)(C(=O)NCCCCCCC(=O)O)S(C)(=O)=O. The summed E-state index contributed by atoms with van der Waals surface area (Å²) in [6.45, 7) is 3.17. The van der Waals surface area contributed by atoms with Gasteiger partial charge in [0.05, 0.1) is 0 Å². The quantitative estimate of drug-likeness (QED) is 0.617. The highest BCUT2D eigenvalue weighted by molar-refractivity contribution is 7.92. The van der Waals surface area contributed by atoms with Crippen LogP contribution in [0.15, 0.2) is 0 Å². The number of unbranched alkanes of at least 4 members (excludes halogenated alkanes) is 3. The molecule has 0 radical (unpaired) electrons. The number of carbonyl (C=O) groups is 2. The van der Waals surface area contributed by atoms with Crippen molar-refractivity contribution in [2.45, 2.75) is 50.7 Å². The van der Waals surface area contributed by atoms with E-state index in [1.54, 1.807) is 0 Å². The van der Waals surface area contributed by atoms with Gasteiger partial charge in [-0.25, -0.2) is 8.42 Å². The molecule has 19 heavy (non-hydrogen) atoms. The van der Waals surface area contributed by atoms with Crippen LogP contribution in [0.4, 0.5) is 0 Å². The van der Waals surface area contributed by atoms with E-state index in [2.05, 4.69) is 5.32 Å². The molecule has 0 saturated carbocycles. The molecule has 0 fully saturated rings. The lowest BCUT2D eigenvalue weighted by Gasteiger charge is -2.21. The third-order valence-electron chi connectivity index (χ3n) is 3.08. The van der Waals surface area contributed by atoms with Gasteiger partial charge in [0.2, 0.25) is 5.91 Å². The predicted octanol–water partition coefficient (Wildman–Crippen LogP) is 0.961. The van der Waals surface area contributed by atoms with Crippen molar-refractivity contribution in [3.8, 4) is 0 Å². The largest absolute Gasteiger partial charge is 0.481 e. The zero-order valence-electron chi connectivity index (χ0n) is 11.7. The fraction of sp³-hybridized carbons (Fsp3) is 0.833. The third-order valence-corrected chi connectivity index (χ3v) is 5.12. The molecule has 0 aromatic rings. The molecule has 0 aliphatic heterocycles. The Kier molecular flexibility index (Phi) is 7.04. The molecule has 0 rings (SSSR count).